The van der Waals surface area contributed by atoms with Gasteiger partial charge in [0, 0.05) is 5.75 Å². The molecule has 10 nitrogen and oxygen atoms in total. The van der Waals surface area contributed by atoms with E-state index in [1.165, 1.54) is 0 Å². The van der Waals surface area contributed by atoms with Crippen molar-refractivity contribution in [3.8, 4) is 0 Å². The number of aliphatic hydroxyl groups excluding tert-OH is 1. The van der Waals surface area contributed by atoms with Gasteiger partial charge in [0.2, 0.25) is 17.7 Å². The summed E-state index contributed by atoms with van der Waals surface area (Å²) in [6.07, 6.45) is 0.445. The smallest absolute Gasteiger partial charge is 0.327 e. The Hall–Kier alpha value is -1.85. The molecule has 0 saturated carbocycles. The highest BCUT2D eigenvalue weighted by Gasteiger charge is 2.31. The molecular formula is C17H32N4O6S. The lowest BCUT2D eigenvalue weighted by atomic mass is 10.00. The van der Waals surface area contributed by atoms with Gasteiger partial charge in [-0.2, -0.15) is 12.6 Å². The molecule has 4 unspecified atom stereocenters. The van der Waals surface area contributed by atoms with Crippen LogP contribution in [0.25, 0.3) is 0 Å². The Labute approximate surface area is 170 Å². The monoisotopic (exact) mass is 420 g/mol. The number of nitrogens with two attached hydrogens (primary N) is 1. The van der Waals surface area contributed by atoms with Crippen LogP contribution in [-0.2, 0) is 19.2 Å². The van der Waals surface area contributed by atoms with Gasteiger partial charge < -0.3 is 31.9 Å². The fourth-order valence-electron chi connectivity index (χ4n) is 2.32. The molecule has 3 amide bonds. The van der Waals surface area contributed by atoms with E-state index in [1.54, 1.807) is 13.8 Å². The summed E-state index contributed by atoms with van der Waals surface area (Å²) in [5.41, 5.74) is 5.83. The topological polar surface area (TPSA) is 171 Å². The minimum absolute atomic E-state index is 0.161. The van der Waals surface area contributed by atoms with E-state index in [0.717, 1.165) is 0 Å². The fourth-order valence-corrected chi connectivity index (χ4v) is 2.57. The van der Waals surface area contributed by atoms with Crippen LogP contribution in [0.5, 0.6) is 0 Å². The molecule has 0 spiro atoms. The van der Waals surface area contributed by atoms with Gasteiger partial charge in [-0.25, -0.2) is 4.79 Å². The Kier molecular flexibility index (Phi) is 11.7. The van der Waals surface area contributed by atoms with Crippen LogP contribution in [0.15, 0.2) is 0 Å². The van der Waals surface area contributed by atoms with Crippen molar-refractivity contribution in [1.29, 1.82) is 0 Å². The normalized spacial score (nSPS) is 15.5. The lowest BCUT2D eigenvalue weighted by molar-refractivity contribution is -0.142. The lowest BCUT2D eigenvalue weighted by Crippen LogP contribution is -2.59. The number of thiol groups is 1. The quantitative estimate of drug-likeness (QED) is 0.188. The molecule has 0 aromatic heterocycles. The Balaban J connectivity index is 5.07. The van der Waals surface area contributed by atoms with E-state index in [0.29, 0.717) is 6.42 Å². The average molecular weight is 421 g/mol. The van der Waals surface area contributed by atoms with Gasteiger partial charge in [-0.05, 0) is 18.3 Å². The van der Waals surface area contributed by atoms with Crippen LogP contribution in [-0.4, -0.2) is 70.4 Å². The highest BCUT2D eigenvalue weighted by molar-refractivity contribution is 7.80. The van der Waals surface area contributed by atoms with Gasteiger partial charge in [0.05, 0.1) is 12.6 Å². The summed E-state index contributed by atoms with van der Waals surface area (Å²) >= 11 is 3.83. The molecule has 28 heavy (non-hydrogen) atoms. The molecule has 4 atom stereocenters. The van der Waals surface area contributed by atoms with E-state index >= 15 is 0 Å². The Morgan fingerprint density at radius 2 is 1.46 bits per heavy atom. The minimum atomic E-state index is -1.38. The van der Waals surface area contributed by atoms with E-state index < -0.39 is 54.5 Å². The van der Waals surface area contributed by atoms with Crippen LogP contribution in [0.2, 0.25) is 0 Å². The first kappa shape index (κ1) is 26.1. The molecule has 0 aliphatic carbocycles. The Morgan fingerprint density at radius 3 is 1.86 bits per heavy atom. The lowest BCUT2D eigenvalue weighted by Gasteiger charge is -2.26. The largest absolute Gasteiger partial charge is 0.480 e. The van der Waals surface area contributed by atoms with E-state index in [2.05, 4.69) is 28.6 Å². The summed E-state index contributed by atoms with van der Waals surface area (Å²) in [5.74, 6) is -3.63. The van der Waals surface area contributed by atoms with Crippen LogP contribution in [0, 0.1) is 11.8 Å². The molecule has 0 aromatic carbocycles. The molecule has 0 aliphatic heterocycles. The number of carbonyl (C=O) groups excluding carboxylic acids is 3. The molecule has 0 rings (SSSR count). The zero-order chi connectivity index (χ0) is 22.0. The number of carboxylic acids is 1. The van der Waals surface area contributed by atoms with E-state index in [1.807, 2.05) is 13.8 Å². The highest BCUT2D eigenvalue weighted by Crippen LogP contribution is 2.06. The predicted molar refractivity (Wildman–Crippen MR) is 107 cm³/mol. The van der Waals surface area contributed by atoms with Crippen LogP contribution < -0.4 is 21.7 Å². The van der Waals surface area contributed by atoms with Crippen molar-refractivity contribution in [2.75, 3.05) is 12.4 Å². The number of hydrogen-bond acceptors (Lipinski definition) is 7. The predicted octanol–water partition coefficient (Wildman–Crippen LogP) is -1.52. The molecule has 0 bridgehead atoms. The fraction of sp³-hybridized carbons (Fsp3) is 0.765. The van der Waals surface area contributed by atoms with E-state index in [4.69, 9.17) is 10.8 Å². The zero-order valence-electron chi connectivity index (χ0n) is 16.6. The summed E-state index contributed by atoms with van der Waals surface area (Å²) in [5, 5.41) is 25.4. The van der Waals surface area contributed by atoms with Gasteiger partial charge in [-0.15, -0.1) is 0 Å². The van der Waals surface area contributed by atoms with Crippen molar-refractivity contribution < 1.29 is 29.4 Å². The van der Waals surface area contributed by atoms with E-state index in [-0.39, 0.29) is 17.6 Å². The van der Waals surface area contributed by atoms with E-state index in [9.17, 15) is 24.3 Å². The van der Waals surface area contributed by atoms with Crippen LogP contribution in [0.1, 0.15) is 34.1 Å². The summed E-state index contributed by atoms with van der Waals surface area (Å²) < 4.78 is 0. The van der Waals surface area contributed by atoms with Crippen molar-refractivity contribution in [1.82, 2.24) is 16.0 Å². The highest BCUT2D eigenvalue weighted by atomic mass is 32.1. The first-order valence-electron chi connectivity index (χ1n) is 9.05. The summed E-state index contributed by atoms with van der Waals surface area (Å²) in [7, 11) is 0. The molecular weight excluding hydrogens is 388 g/mol. The Morgan fingerprint density at radius 1 is 0.929 bits per heavy atom. The number of carboxylic acid groups (broad SMARTS) is 1. The van der Waals surface area contributed by atoms with Gasteiger partial charge in [-0.3, -0.25) is 14.4 Å². The molecule has 162 valence electrons. The molecule has 11 heteroatoms. The summed E-state index contributed by atoms with van der Waals surface area (Å²) in [4.78, 5) is 47.9. The molecule has 0 aromatic rings. The second-order valence-corrected chi connectivity index (χ2v) is 7.66. The summed E-state index contributed by atoms with van der Waals surface area (Å²) in [6.45, 7) is 6.49. The first-order valence-corrected chi connectivity index (χ1v) is 9.68. The van der Waals surface area contributed by atoms with Crippen LogP contribution in [0.4, 0.5) is 0 Å². The molecule has 0 aliphatic rings. The second-order valence-electron chi connectivity index (χ2n) is 7.29. The third kappa shape index (κ3) is 8.89. The van der Waals surface area contributed by atoms with Crippen LogP contribution in [0.3, 0.4) is 0 Å². The van der Waals surface area contributed by atoms with Crippen molar-refractivity contribution in [2.45, 2.75) is 58.3 Å². The Bertz CT molecular complexity index is 558. The van der Waals surface area contributed by atoms with Gasteiger partial charge >= 0.3 is 5.97 Å². The standard InChI is InChI=1S/C17H32N4O6S/c1-8(2)5-10(18)14(23)21-13(9(3)4)16(25)19-11(6-22)15(24)20-12(7-28)17(26)27/h8-13,22,28H,5-7,18H2,1-4H3,(H,19,25)(H,20,24)(H,21,23)(H,26,27). The maximum Gasteiger partial charge on any atom is 0.327 e. The van der Waals surface area contributed by atoms with Crippen molar-refractivity contribution >= 4 is 36.3 Å². The third-order valence-electron chi connectivity index (χ3n) is 3.92. The van der Waals surface area contributed by atoms with Crippen molar-refractivity contribution in [3.63, 3.8) is 0 Å². The number of carbonyl (C=O) groups is 4. The SMILES string of the molecule is CC(C)CC(N)C(=O)NC(C(=O)NC(CO)C(=O)NC(CS)C(=O)O)C(C)C. The number of aliphatic hydroxyl groups is 1. The molecule has 0 saturated heterocycles. The van der Waals surface area contributed by atoms with Gasteiger partial charge in [0.25, 0.3) is 0 Å². The van der Waals surface area contributed by atoms with Crippen molar-refractivity contribution in [2.24, 2.45) is 17.6 Å². The molecule has 0 heterocycles. The van der Waals surface area contributed by atoms with Gasteiger partial charge in [0.1, 0.15) is 18.1 Å². The number of aliphatic carboxylic acids is 1. The average Bonchev–Trinajstić information content (AvgIpc) is 2.59. The van der Waals surface area contributed by atoms with Crippen molar-refractivity contribution in [3.05, 3.63) is 0 Å². The van der Waals surface area contributed by atoms with Gasteiger partial charge in [-0.1, -0.05) is 27.7 Å². The molecule has 0 radical (unpaired) electrons. The number of rotatable bonds is 12. The number of hydrogen-bond donors (Lipinski definition) is 7. The van der Waals surface area contributed by atoms with Gasteiger partial charge in [0.15, 0.2) is 0 Å². The maximum absolute atomic E-state index is 12.5. The second kappa shape index (κ2) is 12.6. The summed E-state index contributed by atoms with van der Waals surface area (Å²) in [6, 6.07) is -4.40. The molecule has 0 fully saturated rings. The number of nitrogens with one attached hydrogen (secondary N) is 3. The third-order valence-corrected chi connectivity index (χ3v) is 4.29. The zero-order valence-corrected chi connectivity index (χ0v) is 17.5. The minimum Gasteiger partial charge on any atom is -0.480 e. The molecule has 7 N–H and O–H groups in total. The first-order chi connectivity index (χ1) is 12.9. The number of amides is 3. The van der Waals surface area contributed by atoms with Crippen LogP contribution >= 0.6 is 12.6 Å². The maximum atomic E-state index is 12.5.